The van der Waals surface area contributed by atoms with Gasteiger partial charge in [0.05, 0.1) is 19.0 Å². The molecular weight excluding hydrogens is 428 g/mol. The molecule has 168 valence electrons. The number of aromatic nitrogens is 2. The number of guanidine groups is 1. The van der Waals surface area contributed by atoms with E-state index in [9.17, 15) is 4.79 Å². The van der Waals surface area contributed by atoms with E-state index < -0.39 is 5.91 Å². The number of ether oxygens (including phenoxy) is 1. The minimum absolute atomic E-state index is 0.0481. The van der Waals surface area contributed by atoms with Gasteiger partial charge in [0.25, 0.3) is 5.91 Å². The first-order chi connectivity index (χ1) is 15.5. The lowest BCUT2D eigenvalue weighted by Gasteiger charge is -2.08. The summed E-state index contributed by atoms with van der Waals surface area (Å²) >= 11 is 5.73. The van der Waals surface area contributed by atoms with Crippen molar-refractivity contribution in [1.29, 1.82) is 0 Å². The van der Waals surface area contributed by atoms with E-state index in [4.69, 9.17) is 27.8 Å². The number of nitrogens with one attached hydrogen (secondary N) is 1. The quantitative estimate of drug-likeness (QED) is 0.245. The number of unbranched alkanes of at least 4 members (excludes halogenated alkanes) is 1. The largest absolute Gasteiger partial charge is 0.494 e. The number of nitrogens with two attached hydrogens (primary N) is 2. The van der Waals surface area contributed by atoms with Gasteiger partial charge in [0.15, 0.2) is 5.96 Å². The average molecular weight is 455 g/mol. The number of fused-ring (bicyclic) bond motifs is 1. The number of benzene rings is 2. The van der Waals surface area contributed by atoms with Crippen molar-refractivity contribution in [1.82, 2.24) is 15.3 Å². The van der Waals surface area contributed by atoms with Crippen LogP contribution in [0.25, 0.3) is 10.8 Å². The third-order valence-corrected chi connectivity index (χ3v) is 4.91. The Kier molecular flexibility index (Phi) is 8.77. The van der Waals surface area contributed by atoms with Crippen LogP contribution in [0.4, 0.5) is 0 Å². The second-order valence-electron chi connectivity index (χ2n) is 7.24. The molecule has 0 aliphatic heterocycles. The fraction of sp³-hybridized carbons (Fsp3) is 0.304. The van der Waals surface area contributed by atoms with Crippen LogP contribution in [0.1, 0.15) is 35.3 Å². The molecule has 2 aromatic carbocycles. The lowest BCUT2D eigenvalue weighted by atomic mass is 10.0. The SMILES string of the molecule is NCCCOc1ccc2cc(CCCCN=C(N)NC(=O)c3cncc(Cl)n3)ccc2c1. The third-order valence-electron chi connectivity index (χ3n) is 4.73. The molecule has 1 amide bonds. The second kappa shape index (κ2) is 12.0. The molecule has 3 aromatic rings. The van der Waals surface area contributed by atoms with Gasteiger partial charge in [0.2, 0.25) is 0 Å². The summed E-state index contributed by atoms with van der Waals surface area (Å²) < 4.78 is 5.71. The van der Waals surface area contributed by atoms with E-state index in [0.717, 1.165) is 36.8 Å². The van der Waals surface area contributed by atoms with Gasteiger partial charge in [-0.25, -0.2) is 4.98 Å². The minimum atomic E-state index is -0.495. The highest BCUT2D eigenvalue weighted by atomic mass is 35.5. The molecule has 0 saturated carbocycles. The summed E-state index contributed by atoms with van der Waals surface area (Å²) in [7, 11) is 0. The van der Waals surface area contributed by atoms with Crippen LogP contribution in [0.15, 0.2) is 53.8 Å². The fourth-order valence-corrected chi connectivity index (χ4v) is 3.25. The summed E-state index contributed by atoms with van der Waals surface area (Å²) in [5.41, 5.74) is 12.6. The number of hydrogen-bond donors (Lipinski definition) is 3. The van der Waals surface area contributed by atoms with Gasteiger partial charge >= 0.3 is 0 Å². The summed E-state index contributed by atoms with van der Waals surface area (Å²) in [4.78, 5) is 23.9. The standard InChI is InChI=1S/C23H27ClN6O2/c24-21-15-27-14-20(29-21)22(31)30-23(26)28-10-2-1-4-16-5-6-18-13-19(32-11-3-9-25)8-7-17(18)12-16/h5-8,12-15H,1-4,9-11,25H2,(H3,26,28,30,31). The van der Waals surface area contributed by atoms with Crippen molar-refractivity contribution in [2.45, 2.75) is 25.7 Å². The first-order valence-corrected chi connectivity index (χ1v) is 10.9. The van der Waals surface area contributed by atoms with Crippen LogP contribution in [0.3, 0.4) is 0 Å². The van der Waals surface area contributed by atoms with Crippen molar-refractivity contribution in [3.8, 4) is 5.75 Å². The lowest BCUT2D eigenvalue weighted by Crippen LogP contribution is -2.37. The van der Waals surface area contributed by atoms with Gasteiger partial charge in [-0.3, -0.25) is 20.1 Å². The minimum Gasteiger partial charge on any atom is -0.494 e. The molecule has 1 heterocycles. The van der Waals surface area contributed by atoms with Crippen LogP contribution in [-0.4, -0.2) is 41.5 Å². The number of hydrogen-bond acceptors (Lipinski definition) is 6. The first-order valence-electron chi connectivity index (χ1n) is 10.5. The Labute approximate surface area is 192 Å². The van der Waals surface area contributed by atoms with Crippen molar-refractivity contribution >= 4 is 34.2 Å². The maximum atomic E-state index is 12.0. The zero-order valence-corrected chi connectivity index (χ0v) is 18.5. The number of aryl methyl sites for hydroxylation is 1. The number of rotatable bonds is 10. The molecule has 0 unspecified atom stereocenters. The Balaban J connectivity index is 1.43. The number of amides is 1. The molecule has 1 aromatic heterocycles. The number of halogens is 1. The van der Waals surface area contributed by atoms with Crippen molar-refractivity contribution in [2.24, 2.45) is 16.5 Å². The topological polar surface area (TPSA) is 129 Å². The first kappa shape index (κ1) is 23.4. The molecule has 32 heavy (non-hydrogen) atoms. The summed E-state index contributed by atoms with van der Waals surface area (Å²) in [5.74, 6) is 0.418. The van der Waals surface area contributed by atoms with E-state index in [-0.39, 0.29) is 16.8 Å². The van der Waals surface area contributed by atoms with Gasteiger partial charge < -0.3 is 16.2 Å². The van der Waals surface area contributed by atoms with Crippen LogP contribution in [0.5, 0.6) is 5.75 Å². The number of carbonyl (C=O) groups is 1. The number of nitrogens with zero attached hydrogens (tertiary/aromatic N) is 3. The molecule has 5 N–H and O–H groups in total. The van der Waals surface area contributed by atoms with E-state index in [1.165, 1.54) is 23.3 Å². The Morgan fingerprint density at radius 3 is 2.72 bits per heavy atom. The van der Waals surface area contributed by atoms with Crippen LogP contribution in [0.2, 0.25) is 5.15 Å². The normalized spacial score (nSPS) is 11.5. The van der Waals surface area contributed by atoms with Crippen LogP contribution < -0.4 is 21.5 Å². The van der Waals surface area contributed by atoms with E-state index >= 15 is 0 Å². The summed E-state index contributed by atoms with van der Waals surface area (Å²) in [5, 5.41) is 4.95. The Hall–Kier alpha value is -3.23. The van der Waals surface area contributed by atoms with Gasteiger partial charge in [-0.15, -0.1) is 0 Å². The third kappa shape index (κ3) is 7.18. The Bertz CT molecular complexity index is 1090. The van der Waals surface area contributed by atoms with Gasteiger partial charge in [-0.05, 0) is 60.7 Å². The lowest BCUT2D eigenvalue weighted by molar-refractivity contribution is 0.0971. The molecule has 0 radical (unpaired) electrons. The number of aliphatic imine (C=N–C) groups is 1. The van der Waals surface area contributed by atoms with Crippen molar-refractivity contribution < 1.29 is 9.53 Å². The van der Waals surface area contributed by atoms with Gasteiger partial charge in [-0.1, -0.05) is 35.9 Å². The zero-order valence-electron chi connectivity index (χ0n) is 17.8. The Morgan fingerprint density at radius 1 is 1.09 bits per heavy atom. The zero-order chi connectivity index (χ0) is 22.8. The molecule has 0 atom stereocenters. The maximum absolute atomic E-state index is 12.0. The van der Waals surface area contributed by atoms with E-state index in [1.54, 1.807) is 0 Å². The van der Waals surface area contributed by atoms with Crippen LogP contribution in [-0.2, 0) is 6.42 Å². The summed E-state index contributed by atoms with van der Waals surface area (Å²) in [6.45, 7) is 1.78. The molecule has 0 saturated heterocycles. The molecule has 9 heteroatoms. The highest BCUT2D eigenvalue weighted by molar-refractivity contribution is 6.29. The smallest absolute Gasteiger partial charge is 0.278 e. The molecule has 0 aliphatic rings. The summed E-state index contributed by atoms with van der Waals surface area (Å²) in [6.07, 6.45) is 6.24. The molecule has 8 nitrogen and oxygen atoms in total. The average Bonchev–Trinajstić information content (AvgIpc) is 2.79. The van der Waals surface area contributed by atoms with Gasteiger partial charge in [0, 0.05) is 6.54 Å². The van der Waals surface area contributed by atoms with Gasteiger partial charge in [0.1, 0.15) is 16.6 Å². The van der Waals surface area contributed by atoms with E-state index in [2.05, 4.69) is 50.6 Å². The second-order valence-corrected chi connectivity index (χ2v) is 7.63. The highest BCUT2D eigenvalue weighted by Crippen LogP contribution is 2.23. The summed E-state index contributed by atoms with van der Waals surface area (Å²) in [6, 6.07) is 12.6. The molecule has 0 aliphatic carbocycles. The maximum Gasteiger partial charge on any atom is 0.278 e. The van der Waals surface area contributed by atoms with Gasteiger partial charge in [-0.2, -0.15) is 0 Å². The van der Waals surface area contributed by atoms with Crippen LogP contribution >= 0.6 is 11.6 Å². The van der Waals surface area contributed by atoms with Crippen molar-refractivity contribution in [3.63, 3.8) is 0 Å². The monoisotopic (exact) mass is 454 g/mol. The predicted molar refractivity (Wildman–Crippen MR) is 127 cm³/mol. The van der Waals surface area contributed by atoms with E-state index in [0.29, 0.717) is 19.7 Å². The molecule has 0 bridgehead atoms. The van der Waals surface area contributed by atoms with E-state index in [1.807, 2.05) is 6.07 Å². The number of carbonyl (C=O) groups excluding carboxylic acids is 1. The fourth-order valence-electron chi connectivity index (χ4n) is 3.10. The van der Waals surface area contributed by atoms with Crippen molar-refractivity contribution in [2.75, 3.05) is 19.7 Å². The highest BCUT2D eigenvalue weighted by Gasteiger charge is 2.09. The molecule has 0 fully saturated rings. The van der Waals surface area contributed by atoms with Crippen LogP contribution in [0, 0.1) is 0 Å². The molecule has 3 rings (SSSR count). The molecular formula is C23H27ClN6O2. The Morgan fingerprint density at radius 2 is 1.91 bits per heavy atom. The van der Waals surface area contributed by atoms with Crippen molar-refractivity contribution in [3.05, 3.63) is 65.2 Å². The molecule has 0 spiro atoms. The predicted octanol–water partition coefficient (Wildman–Crippen LogP) is 3.08.